The third kappa shape index (κ3) is 3.44. The van der Waals surface area contributed by atoms with Gasteiger partial charge in [-0.1, -0.05) is 42.5 Å². The second-order valence-electron chi connectivity index (χ2n) is 6.80. The van der Waals surface area contributed by atoms with Crippen molar-refractivity contribution in [2.24, 2.45) is 0 Å². The number of carbonyl (C=O) groups is 2. The van der Waals surface area contributed by atoms with Crippen molar-refractivity contribution in [2.75, 3.05) is 7.11 Å². The second kappa shape index (κ2) is 8.04. The van der Waals surface area contributed by atoms with Gasteiger partial charge in [0.1, 0.15) is 5.76 Å². The summed E-state index contributed by atoms with van der Waals surface area (Å²) in [6, 6.07) is 16.2. The summed E-state index contributed by atoms with van der Waals surface area (Å²) in [5, 5.41) is 22.8. The quantitative estimate of drug-likeness (QED) is 0.368. The van der Waals surface area contributed by atoms with Gasteiger partial charge in [-0.25, -0.2) is 0 Å². The summed E-state index contributed by atoms with van der Waals surface area (Å²) < 4.78 is 5.21. The van der Waals surface area contributed by atoms with E-state index in [0.717, 1.165) is 4.88 Å². The van der Waals surface area contributed by atoms with Crippen LogP contribution in [0.4, 0.5) is 0 Å². The molecule has 1 fully saturated rings. The molecule has 2 N–H and O–H groups in total. The standard InChI is InChI=1S/C23H19NO5S/c1-29-18-12-15(9-10-17(18)25)20-19(21(26)14-6-3-2-4-7-14)22(27)23(28)24(20)13-16-8-5-11-30-16/h2-12,20,25-26H,13H2,1H3/b21-19+. The lowest BCUT2D eigenvalue weighted by Gasteiger charge is -2.25. The van der Waals surface area contributed by atoms with E-state index in [9.17, 15) is 19.8 Å². The number of nitrogens with zero attached hydrogens (tertiary/aromatic N) is 1. The Hall–Kier alpha value is -3.58. The Morgan fingerprint density at radius 2 is 1.87 bits per heavy atom. The van der Waals surface area contributed by atoms with Gasteiger partial charge in [-0.05, 0) is 29.1 Å². The van der Waals surface area contributed by atoms with E-state index in [1.54, 1.807) is 42.5 Å². The number of hydrogen-bond acceptors (Lipinski definition) is 6. The maximum Gasteiger partial charge on any atom is 0.295 e. The minimum absolute atomic E-state index is 0.00972. The van der Waals surface area contributed by atoms with E-state index >= 15 is 0 Å². The molecule has 1 aromatic heterocycles. The third-order valence-electron chi connectivity index (χ3n) is 5.01. The van der Waals surface area contributed by atoms with Crippen LogP contribution in [0.1, 0.15) is 22.0 Å². The molecule has 1 aliphatic rings. The first kappa shape index (κ1) is 19.7. The highest BCUT2D eigenvalue weighted by molar-refractivity contribution is 7.09. The maximum absolute atomic E-state index is 13.0. The lowest BCUT2D eigenvalue weighted by atomic mass is 9.95. The molecule has 0 saturated carbocycles. The van der Waals surface area contributed by atoms with Crippen LogP contribution < -0.4 is 4.74 Å². The highest BCUT2D eigenvalue weighted by Crippen LogP contribution is 2.42. The zero-order valence-corrected chi connectivity index (χ0v) is 16.9. The van der Waals surface area contributed by atoms with E-state index < -0.39 is 17.7 Å². The zero-order valence-electron chi connectivity index (χ0n) is 16.1. The first-order valence-corrected chi connectivity index (χ1v) is 10.1. The Morgan fingerprint density at radius 1 is 1.10 bits per heavy atom. The molecule has 1 amide bonds. The van der Waals surface area contributed by atoms with Crippen molar-refractivity contribution in [1.82, 2.24) is 4.90 Å². The first-order valence-electron chi connectivity index (χ1n) is 9.24. The molecule has 0 spiro atoms. The van der Waals surface area contributed by atoms with Gasteiger partial charge >= 0.3 is 0 Å². The lowest BCUT2D eigenvalue weighted by molar-refractivity contribution is -0.140. The van der Waals surface area contributed by atoms with Gasteiger partial charge in [0.05, 0.1) is 25.3 Å². The van der Waals surface area contributed by atoms with Crippen LogP contribution in [0.2, 0.25) is 0 Å². The second-order valence-corrected chi connectivity index (χ2v) is 7.84. The highest BCUT2D eigenvalue weighted by Gasteiger charge is 2.46. The molecule has 0 bridgehead atoms. The molecule has 7 heteroatoms. The predicted octanol–water partition coefficient (Wildman–Crippen LogP) is 4.08. The zero-order chi connectivity index (χ0) is 21.3. The van der Waals surface area contributed by atoms with Crippen LogP contribution in [0.5, 0.6) is 11.5 Å². The number of ketones is 1. The minimum atomic E-state index is -0.818. The fourth-order valence-electron chi connectivity index (χ4n) is 3.58. The van der Waals surface area contributed by atoms with E-state index in [1.807, 2.05) is 17.5 Å². The number of methoxy groups -OCH3 is 1. The number of aliphatic hydroxyl groups excluding tert-OH is 1. The number of rotatable bonds is 5. The molecule has 4 rings (SSSR count). The van der Waals surface area contributed by atoms with Crippen molar-refractivity contribution >= 4 is 28.8 Å². The number of phenols is 1. The fraction of sp³-hybridized carbons (Fsp3) is 0.130. The molecule has 2 aromatic carbocycles. The Bertz CT molecular complexity index is 1120. The molecule has 6 nitrogen and oxygen atoms in total. The summed E-state index contributed by atoms with van der Waals surface area (Å²) in [4.78, 5) is 28.3. The largest absolute Gasteiger partial charge is 0.507 e. The van der Waals surface area contributed by atoms with Gasteiger partial charge in [0, 0.05) is 10.4 Å². The number of aliphatic hydroxyl groups is 1. The van der Waals surface area contributed by atoms with Gasteiger partial charge in [-0.3, -0.25) is 9.59 Å². The van der Waals surface area contributed by atoms with Gasteiger partial charge in [0.2, 0.25) is 0 Å². The van der Waals surface area contributed by atoms with Crippen molar-refractivity contribution in [3.05, 3.63) is 87.6 Å². The molecule has 30 heavy (non-hydrogen) atoms. The summed E-state index contributed by atoms with van der Waals surface area (Å²) in [6.45, 7) is 0.224. The van der Waals surface area contributed by atoms with E-state index in [4.69, 9.17) is 4.74 Å². The fourth-order valence-corrected chi connectivity index (χ4v) is 4.28. The van der Waals surface area contributed by atoms with Crippen molar-refractivity contribution in [2.45, 2.75) is 12.6 Å². The molecule has 152 valence electrons. The van der Waals surface area contributed by atoms with E-state index in [1.165, 1.54) is 29.4 Å². The van der Waals surface area contributed by atoms with Crippen LogP contribution in [0.25, 0.3) is 5.76 Å². The molecular formula is C23H19NO5S. The number of hydrogen-bond donors (Lipinski definition) is 2. The summed E-state index contributed by atoms with van der Waals surface area (Å²) in [5.74, 6) is -1.50. The topological polar surface area (TPSA) is 87.1 Å². The minimum Gasteiger partial charge on any atom is -0.507 e. The van der Waals surface area contributed by atoms with Crippen LogP contribution in [-0.4, -0.2) is 33.9 Å². The van der Waals surface area contributed by atoms with Crippen molar-refractivity contribution in [1.29, 1.82) is 0 Å². The molecule has 1 unspecified atom stereocenters. The molecule has 0 aliphatic carbocycles. The van der Waals surface area contributed by atoms with E-state index in [2.05, 4.69) is 0 Å². The van der Waals surface area contributed by atoms with Crippen LogP contribution in [0.15, 0.2) is 71.6 Å². The summed E-state index contributed by atoms with van der Waals surface area (Å²) in [6.07, 6.45) is 0. The van der Waals surface area contributed by atoms with Crippen LogP contribution in [0.3, 0.4) is 0 Å². The Labute approximate surface area is 177 Å². The number of Topliss-reactive ketones (excluding diaryl/α,β-unsaturated/α-hetero) is 1. The Morgan fingerprint density at radius 3 is 2.53 bits per heavy atom. The van der Waals surface area contributed by atoms with E-state index in [-0.39, 0.29) is 29.4 Å². The van der Waals surface area contributed by atoms with E-state index in [0.29, 0.717) is 11.1 Å². The van der Waals surface area contributed by atoms with Gasteiger partial charge < -0.3 is 19.8 Å². The first-order chi connectivity index (χ1) is 14.5. The van der Waals surface area contributed by atoms with Gasteiger partial charge in [-0.2, -0.15) is 0 Å². The Balaban J connectivity index is 1.89. The van der Waals surface area contributed by atoms with Crippen LogP contribution in [-0.2, 0) is 16.1 Å². The predicted molar refractivity (Wildman–Crippen MR) is 113 cm³/mol. The number of phenolic OH excluding ortho intramolecular Hbond substituents is 1. The normalized spacial score (nSPS) is 18.0. The third-order valence-corrected chi connectivity index (χ3v) is 5.87. The number of aromatic hydroxyl groups is 1. The summed E-state index contributed by atoms with van der Waals surface area (Å²) >= 11 is 1.48. The summed E-state index contributed by atoms with van der Waals surface area (Å²) in [5.41, 5.74) is 1.01. The highest BCUT2D eigenvalue weighted by atomic mass is 32.1. The Kier molecular flexibility index (Phi) is 5.29. The molecule has 3 aromatic rings. The van der Waals surface area contributed by atoms with Gasteiger partial charge in [-0.15, -0.1) is 11.3 Å². The van der Waals surface area contributed by atoms with Crippen LogP contribution >= 0.6 is 11.3 Å². The molecule has 1 aliphatic heterocycles. The molecular weight excluding hydrogens is 402 g/mol. The van der Waals surface area contributed by atoms with Gasteiger partial charge in [0.15, 0.2) is 11.5 Å². The average molecular weight is 421 g/mol. The number of benzene rings is 2. The summed E-state index contributed by atoms with van der Waals surface area (Å²) in [7, 11) is 1.42. The molecule has 0 radical (unpaired) electrons. The van der Waals surface area contributed by atoms with Gasteiger partial charge in [0.25, 0.3) is 11.7 Å². The molecule has 1 atom stereocenters. The van der Waals surface area contributed by atoms with Crippen molar-refractivity contribution in [3.8, 4) is 11.5 Å². The molecule has 2 heterocycles. The lowest BCUT2D eigenvalue weighted by Crippen LogP contribution is -2.28. The number of ether oxygens (including phenoxy) is 1. The number of likely N-dealkylation sites (tertiary alicyclic amines) is 1. The number of carbonyl (C=O) groups excluding carboxylic acids is 2. The van der Waals surface area contributed by atoms with Crippen LogP contribution in [0, 0.1) is 0 Å². The number of thiophene rings is 1. The SMILES string of the molecule is COc1cc(C2/C(=C(\O)c3ccccc3)C(=O)C(=O)N2Cc2cccs2)ccc1O. The molecule has 1 saturated heterocycles. The average Bonchev–Trinajstić information content (AvgIpc) is 3.37. The van der Waals surface area contributed by atoms with Crippen molar-refractivity contribution < 1.29 is 24.5 Å². The monoisotopic (exact) mass is 421 g/mol. The smallest absolute Gasteiger partial charge is 0.295 e. The van der Waals surface area contributed by atoms with Crippen molar-refractivity contribution in [3.63, 3.8) is 0 Å². The number of amides is 1. The maximum atomic E-state index is 13.0.